The van der Waals surface area contributed by atoms with Crippen LogP contribution < -0.4 is 9.62 Å². The van der Waals surface area contributed by atoms with Crippen LogP contribution in [-0.4, -0.2) is 39.7 Å². The maximum atomic E-state index is 13.7. The molecule has 2 aromatic heterocycles. The second-order valence-electron chi connectivity index (χ2n) is 9.56. The fourth-order valence-electron chi connectivity index (χ4n) is 4.77. The van der Waals surface area contributed by atoms with Crippen LogP contribution in [0.1, 0.15) is 10.4 Å². The predicted molar refractivity (Wildman–Crippen MR) is 162 cm³/mol. The Labute approximate surface area is 239 Å². The Kier molecular flexibility index (Phi) is 6.59. The van der Waals surface area contributed by atoms with Gasteiger partial charge in [0.1, 0.15) is 22.2 Å². The Bertz CT molecular complexity index is 2030. The van der Waals surface area contributed by atoms with E-state index in [0.717, 1.165) is 32.6 Å². The first-order valence-corrected chi connectivity index (χ1v) is 15.3. The van der Waals surface area contributed by atoms with E-state index in [1.54, 1.807) is 23.5 Å². The molecule has 4 aromatic carbocycles. The van der Waals surface area contributed by atoms with Crippen molar-refractivity contribution in [3.8, 4) is 33.0 Å². The number of carbonyl (C=O) groups is 1. The van der Waals surface area contributed by atoms with Crippen molar-refractivity contribution in [3.63, 3.8) is 0 Å². The molecule has 0 saturated heterocycles. The average Bonchev–Trinajstić information content (AvgIpc) is 3.57. The van der Waals surface area contributed by atoms with E-state index in [4.69, 9.17) is 9.40 Å². The second-order valence-corrected chi connectivity index (χ2v) is 12.6. The molecule has 1 N–H and O–H groups in total. The molecule has 0 atom stereocenters. The average molecular weight is 586 g/mol. The smallest absolute Gasteiger partial charge is 0.255 e. The van der Waals surface area contributed by atoms with Gasteiger partial charge in [-0.05, 0) is 54.1 Å². The predicted octanol–water partition coefficient (Wildman–Crippen LogP) is 6.94. The van der Waals surface area contributed by atoms with Gasteiger partial charge in [-0.15, -0.1) is 11.3 Å². The highest BCUT2D eigenvalue weighted by atomic mass is 32.2. The number of thiazole rings is 1. The first-order chi connectivity index (χ1) is 19.6. The van der Waals surface area contributed by atoms with E-state index in [1.165, 1.54) is 42.7 Å². The number of nitrogens with one attached hydrogen (secondary N) is 1. The third-order valence-electron chi connectivity index (χ3n) is 6.92. The second kappa shape index (κ2) is 10.1. The Morgan fingerprint density at radius 2 is 1.68 bits per heavy atom. The summed E-state index contributed by atoms with van der Waals surface area (Å²) in [6.07, 6.45) is 1.13. The topological polar surface area (TPSA) is 92.5 Å². The first kappa shape index (κ1) is 26.7. The van der Waals surface area contributed by atoms with Crippen LogP contribution in [0.4, 0.5) is 10.1 Å². The standard InChI is InChI=1S/C31H24FN3O4S2/c1-33-30(36)28-23-16-22(19-7-6-8-20(15-19)31-34-24-9-4-5-10-27(24)40-31)25(35(2)41(3,37)38)17-26(23)39-29(28)18-11-13-21(32)14-12-18/h4-17H,1-3H3,(H,33,36). The number of hydrogen-bond acceptors (Lipinski definition) is 6. The zero-order valence-corrected chi connectivity index (χ0v) is 23.9. The van der Waals surface area contributed by atoms with Gasteiger partial charge < -0.3 is 9.73 Å². The number of hydrogen-bond donors (Lipinski definition) is 1. The number of sulfonamides is 1. The fourth-order valence-corrected chi connectivity index (χ4v) is 6.24. The van der Waals surface area contributed by atoms with Crippen molar-refractivity contribution in [3.05, 3.63) is 96.3 Å². The van der Waals surface area contributed by atoms with Crippen molar-refractivity contribution < 1.29 is 22.0 Å². The number of furan rings is 1. The number of benzene rings is 4. The van der Waals surface area contributed by atoms with Gasteiger partial charge in [0, 0.05) is 42.2 Å². The number of amides is 1. The number of fused-ring (bicyclic) bond motifs is 2. The zero-order chi connectivity index (χ0) is 28.9. The number of aromatic nitrogens is 1. The summed E-state index contributed by atoms with van der Waals surface area (Å²) in [7, 11) is -0.665. The van der Waals surface area contributed by atoms with Crippen molar-refractivity contribution >= 4 is 54.1 Å². The highest BCUT2D eigenvalue weighted by molar-refractivity contribution is 7.92. The molecule has 0 aliphatic carbocycles. The molecule has 10 heteroatoms. The first-order valence-electron chi connectivity index (χ1n) is 12.6. The van der Waals surface area contributed by atoms with Crippen LogP contribution in [-0.2, 0) is 10.0 Å². The number of para-hydroxylation sites is 1. The van der Waals surface area contributed by atoms with Crippen LogP contribution in [0.25, 0.3) is 54.2 Å². The van der Waals surface area contributed by atoms with Gasteiger partial charge in [0.05, 0.1) is 27.7 Å². The van der Waals surface area contributed by atoms with Gasteiger partial charge in [-0.3, -0.25) is 9.10 Å². The molecule has 0 aliphatic heterocycles. The Hall–Kier alpha value is -4.54. The van der Waals surface area contributed by atoms with Crippen molar-refractivity contribution in [1.82, 2.24) is 10.3 Å². The number of anilines is 1. The summed E-state index contributed by atoms with van der Waals surface area (Å²) >= 11 is 1.57. The molecule has 6 aromatic rings. The molecule has 6 rings (SSSR count). The summed E-state index contributed by atoms with van der Waals surface area (Å²) < 4.78 is 47.5. The number of nitrogens with zero attached hydrogens (tertiary/aromatic N) is 2. The zero-order valence-electron chi connectivity index (χ0n) is 22.3. The molecule has 0 fully saturated rings. The minimum Gasteiger partial charge on any atom is -0.455 e. The van der Waals surface area contributed by atoms with Gasteiger partial charge in [0.2, 0.25) is 10.0 Å². The quantitative estimate of drug-likeness (QED) is 0.229. The third kappa shape index (κ3) is 4.85. The van der Waals surface area contributed by atoms with E-state index in [0.29, 0.717) is 27.8 Å². The molecule has 0 radical (unpaired) electrons. The maximum absolute atomic E-state index is 13.7. The number of carbonyl (C=O) groups excluding carboxylic acids is 1. The molecule has 0 bridgehead atoms. The molecule has 41 heavy (non-hydrogen) atoms. The maximum Gasteiger partial charge on any atom is 0.255 e. The van der Waals surface area contributed by atoms with Gasteiger partial charge in [0.15, 0.2) is 0 Å². The summed E-state index contributed by atoms with van der Waals surface area (Å²) in [6.45, 7) is 0. The van der Waals surface area contributed by atoms with Crippen molar-refractivity contribution in [2.45, 2.75) is 0 Å². The lowest BCUT2D eigenvalue weighted by Crippen LogP contribution is -2.25. The number of rotatable bonds is 6. The van der Waals surface area contributed by atoms with Crippen LogP contribution in [0.5, 0.6) is 0 Å². The van der Waals surface area contributed by atoms with Gasteiger partial charge >= 0.3 is 0 Å². The van der Waals surface area contributed by atoms with Crippen LogP contribution >= 0.6 is 11.3 Å². The van der Waals surface area contributed by atoms with E-state index < -0.39 is 15.8 Å². The molecule has 206 valence electrons. The lowest BCUT2D eigenvalue weighted by Gasteiger charge is -2.21. The minimum atomic E-state index is -3.66. The molecule has 0 unspecified atom stereocenters. The summed E-state index contributed by atoms with van der Waals surface area (Å²) in [5.41, 5.74) is 4.58. The summed E-state index contributed by atoms with van der Waals surface area (Å²) in [4.78, 5) is 17.9. The minimum absolute atomic E-state index is 0.257. The third-order valence-corrected chi connectivity index (χ3v) is 9.20. The number of halogens is 1. The molecule has 0 aliphatic rings. The van der Waals surface area contributed by atoms with E-state index in [1.807, 2.05) is 48.5 Å². The SMILES string of the molecule is CNC(=O)c1c(-c2ccc(F)cc2)oc2cc(N(C)S(C)(=O)=O)c(-c3cccc(-c4nc5ccccc5s4)c3)cc12. The van der Waals surface area contributed by atoms with Crippen LogP contribution in [0.3, 0.4) is 0 Å². The van der Waals surface area contributed by atoms with Crippen LogP contribution in [0.15, 0.2) is 89.3 Å². The van der Waals surface area contributed by atoms with Gasteiger partial charge in [0.25, 0.3) is 5.91 Å². The van der Waals surface area contributed by atoms with Gasteiger partial charge in [-0.2, -0.15) is 0 Å². The highest BCUT2D eigenvalue weighted by Crippen LogP contribution is 2.42. The molecule has 7 nitrogen and oxygen atoms in total. The molecule has 0 saturated carbocycles. The monoisotopic (exact) mass is 585 g/mol. The van der Waals surface area contributed by atoms with E-state index in [-0.39, 0.29) is 17.2 Å². The normalized spacial score (nSPS) is 11.7. The summed E-state index contributed by atoms with van der Waals surface area (Å²) in [6, 6.07) is 24.6. The summed E-state index contributed by atoms with van der Waals surface area (Å²) in [5.74, 6) is -0.548. The molecule has 2 heterocycles. The van der Waals surface area contributed by atoms with Crippen molar-refractivity contribution in [2.75, 3.05) is 24.7 Å². The molecule has 1 amide bonds. The van der Waals surface area contributed by atoms with Crippen molar-refractivity contribution in [2.24, 2.45) is 0 Å². The van der Waals surface area contributed by atoms with E-state index >= 15 is 0 Å². The lowest BCUT2D eigenvalue weighted by molar-refractivity contribution is 0.0964. The van der Waals surface area contributed by atoms with Gasteiger partial charge in [-0.25, -0.2) is 17.8 Å². The Balaban J connectivity index is 1.61. The molecular weight excluding hydrogens is 561 g/mol. The molecule has 0 spiro atoms. The van der Waals surface area contributed by atoms with Crippen molar-refractivity contribution in [1.29, 1.82) is 0 Å². The Morgan fingerprint density at radius 3 is 2.39 bits per heavy atom. The van der Waals surface area contributed by atoms with Gasteiger partial charge in [-0.1, -0.05) is 30.3 Å². The fraction of sp³-hybridized carbons (Fsp3) is 0.0968. The molecular formula is C31H24FN3O4S2. The van der Waals surface area contributed by atoms with Crippen LogP contribution in [0, 0.1) is 5.82 Å². The van der Waals surface area contributed by atoms with Crippen LogP contribution in [0.2, 0.25) is 0 Å². The summed E-state index contributed by atoms with van der Waals surface area (Å²) in [5, 5.41) is 3.99. The largest absolute Gasteiger partial charge is 0.455 e. The lowest BCUT2D eigenvalue weighted by atomic mass is 9.97. The van der Waals surface area contributed by atoms with E-state index in [2.05, 4.69) is 5.32 Å². The highest BCUT2D eigenvalue weighted by Gasteiger charge is 2.26. The van der Waals surface area contributed by atoms with E-state index in [9.17, 15) is 17.6 Å². The Morgan fingerprint density at radius 1 is 0.951 bits per heavy atom.